The third-order valence-corrected chi connectivity index (χ3v) is 2.60. The zero-order valence-electron chi connectivity index (χ0n) is 11.6. The van der Waals surface area contributed by atoms with Crippen LogP contribution in [0.5, 0.6) is 11.5 Å². The van der Waals surface area contributed by atoms with Crippen LogP contribution >= 0.6 is 0 Å². The van der Waals surface area contributed by atoms with Gasteiger partial charge in [-0.05, 0) is 24.3 Å². The second kappa shape index (κ2) is 7.75. The number of hydrogen-bond acceptors (Lipinski definition) is 3. The van der Waals surface area contributed by atoms with Crippen molar-refractivity contribution >= 4 is 11.6 Å². The third-order valence-electron chi connectivity index (χ3n) is 2.60. The average Bonchev–Trinajstić information content (AvgIpc) is 2.52. The van der Waals surface area contributed by atoms with Gasteiger partial charge in [-0.3, -0.25) is 4.79 Å². The van der Waals surface area contributed by atoms with Crippen LogP contribution in [0.3, 0.4) is 0 Å². The van der Waals surface area contributed by atoms with Crippen LogP contribution in [0.4, 0.5) is 5.69 Å². The Kier molecular flexibility index (Phi) is 5.41. The van der Waals surface area contributed by atoms with E-state index in [9.17, 15) is 4.79 Å². The van der Waals surface area contributed by atoms with Crippen LogP contribution in [-0.4, -0.2) is 19.1 Å². The number of benzene rings is 2. The van der Waals surface area contributed by atoms with Crippen LogP contribution in [0.25, 0.3) is 0 Å². The van der Waals surface area contributed by atoms with Crippen LogP contribution in [0.2, 0.25) is 0 Å². The molecule has 21 heavy (non-hydrogen) atoms. The number of anilines is 1. The number of ether oxygens (including phenoxy) is 2. The molecule has 0 radical (unpaired) electrons. The van der Waals surface area contributed by atoms with E-state index in [0.717, 1.165) is 0 Å². The van der Waals surface area contributed by atoms with Crippen LogP contribution in [0, 0.1) is 0 Å². The van der Waals surface area contributed by atoms with Gasteiger partial charge in [0.2, 0.25) is 0 Å². The lowest BCUT2D eigenvalue weighted by Crippen LogP contribution is -2.20. The minimum absolute atomic E-state index is 0.0399. The lowest BCUT2D eigenvalue weighted by Gasteiger charge is -2.09. The number of amides is 1. The van der Waals surface area contributed by atoms with Crippen LogP contribution in [-0.2, 0) is 4.79 Å². The maximum absolute atomic E-state index is 11.8. The summed E-state index contributed by atoms with van der Waals surface area (Å²) < 4.78 is 10.8. The quantitative estimate of drug-likeness (QED) is 0.793. The normalized spacial score (nSPS) is 9.71. The van der Waals surface area contributed by atoms with E-state index in [0.29, 0.717) is 23.8 Å². The summed E-state index contributed by atoms with van der Waals surface area (Å²) in [4.78, 5) is 11.8. The van der Waals surface area contributed by atoms with Crippen LogP contribution in [0.15, 0.2) is 67.3 Å². The van der Waals surface area contributed by atoms with Gasteiger partial charge in [-0.25, -0.2) is 0 Å². The monoisotopic (exact) mass is 283 g/mol. The number of para-hydroxylation sites is 1. The Labute approximate surface area is 124 Å². The smallest absolute Gasteiger partial charge is 0.262 e. The summed E-state index contributed by atoms with van der Waals surface area (Å²) in [6, 6.07) is 16.4. The Balaban J connectivity index is 1.86. The van der Waals surface area contributed by atoms with Crippen molar-refractivity contribution in [2.75, 3.05) is 18.5 Å². The molecule has 2 aromatic rings. The van der Waals surface area contributed by atoms with Crippen molar-refractivity contribution < 1.29 is 14.3 Å². The van der Waals surface area contributed by atoms with E-state index in [1.54, 1.807) is 30.3 Å². The Morgan fingerprint density at radius 1 is 1.05 bits per heavy atom. The van der Waals surface area contributed by atoms with Crippen molar-refractivity contribution in [3.8, 4) is 11.5 Å². The summed E-state index contributed by atoms with van der Waals surface area (Å²) in [5.74, 6) is 1.12. The zero-order chi connectivity index (χ0) is 14.9. The predicted octanol–water partition coefficient (Wildman–Crippen LogP) is 3.27. The molecule has 0 saturated heterocycles. The molecule has 0 spiro atoms. The molecule has 1 N–H and O–H groups in total. The van der Waals surface area contributed by atoms with E-state index in [4.69, 9.17) is 9.47 Å². The number of hydrogen-bond donors (Lipinski definition) is 1. The molecule has 0 aliphatic rings. The molecule has 2 aromatic carbocycles. The Morgan fingerprint density at radius 3 is 2.57 bits per heavy atom. The van der Waals surface area contributed by atoms with Gasteiger partial charge < -0.3 is 14.8 Å². The topological polar surface area (TPSA) is 47.6 Å². The summed E-state index contributed by atoms with van der Waals surface area (Å²) in [7, 11) is 0. The van der Waals surface area contributed by atoms with Gasteiger partial charge in [0.15, 0.2) is 6.61 Å². The molecule has 0 heterocycles. The van der Waals surface area contributed by atoms with Crippen molar-refractivity contribution in [1.29, 1.82) is 0 Å². The SMILES string of the molecule is C=CCOc1cccc(NC(=O)COc2ccccc2)c1. The van der Waals surface area contributed by atoms with Crippen molar-refractivity contribution in [3.05, 3.63) is 67.3 Å². The van der Waals surface area contributed by atoms with E-state index < -0.39 is 0 Å². The molecular formula is C17H17NO3. The average molecular weight is 283 g/mol. The van der Waals surface area contributed by atoms with Gasteiger partial charge in [0.1, 0.15) is 18.1 Å². The highest BCUT2D eigenvalue weighted by atomic mass is 16.5. The first-order chi connectivity index (χ1) is 10.3. The highest BCUT2D eigenvalue weighted by Gasteiger charge is 2.04. The van der Waals surface area contributed by atoms with Crippen molar-refractivity contribution in [3.63, 3.8) is 0 Å². The van der Waals surface area contributed by atoms with Crippen molar-refractivity contribution in [2.24, 2.45) is 0 Å². The molecule has 0 atom stereocenters. The van der Waals surface area contributed by atoms with Gasteiger partial charge in [0.25, 0.3) is 5.91 Å². The van der Waals surface area contributed by atoms with Crippen LogP contribution < -0.4 is 14.8 Å². The molecule has 4 heteroatoms. The predicted molar refractivity (Wildman–Crippen MR) is 82.7 cm³/mol. The maximum Gasteiger partial charge on any atom is 0.262 e. The standard InChI is InChI=1S/C17H17NO3/c1-2-11-20-16-10-6-7-14(12-16)18-17(19)13-21-15-8-4-3-5-9-15/h2-10,12H,1,11,13H2,(H,18,19). The van der Waals surface area contributed by atoms with E-state index in [1.807, 2.05) is 30.3 Å². The summed E-state index contributed by atoms with van der Waals surface area (Å²) in [6.07, 6.45) is 1.67. The fourth-order valence-corrected chi connectivity index (χ4v) is 1.68. The number of carbonyl (C=O) groups excluding carboxylic acids is 1. The molecular weight excluding hydrogens is 266 g/mol. The number of rotatable bonds is 7. The minimum atomic E-state index is -0.222. The first kappa shape index (κ1) is 14.7. The Hall–Kier alpha value is -2.75. The molecule has 0 unspecified atom stereocenters. The third kappa shape index (κ3) is 5.03. The van der Waals surface area contributed by atoms with E-state index in [-0.39, 0.29) is 12.5 Å². The highest BCUT2D eigenvalue weighted by Crippen LogP contribution is 2.17. The number of nitrogens with one attached hydrogen (secondary N) is 1. The van der Waals surface area contributed by atoms with Crippen molar-refractivity contribution in [2.45, 2.75) is 0 Å². The van der Waals surface area contributed by atoms with E-state index >= 15 is 0 Å². The van der Waals surface area contributed by atoms with Gasteiger partial charge in [-0.2, -0.15) is 0 Å². The maximum atomic E-state index is 11.8. The lowest BCUT2D eigenvalue weighted by atomic mass is 10.3. The summed E-state index contributed by atoms with van der Waals surface area (Å²) in [5.41, 5.74) is 0.665. The minimum Gasteiger partial charge on any atom is -0.489 e. The molecule has 4 nitrogen and oxygen atoms in total. The molecule has 0 fully saturated rings. The molecule has 0 aromatic heterocycles. The first-order valence-corrected chi connectivity index (χ1v) is 6.59. The lowest BCUT2D eigenvalue weighted by molar-refractivity contribution is -0.118. The van der Waals surface area contributed by atoms with Gasteiger partial charge in [-0.15, -0.1) is 0 Å². The first-order valence-electron chi connectivity index (χ1n) is 6.59. The van der Waals surface area contributed by atoms with Gasteiger partial charge in [0.05, 0.1) is 0 Å². The number of carbonyl (C=O) groups is 1. The largest absolute Gasteiger partial charge is 0.489 e. The summed E-state index contributed by atoms with van der Waals surface area (Å²) in [5, 5.41) is 2.76. The van der Waals surface area contributed by atoms with Gasteiger partial charge in [-0.1, -0.05) is 36.9 Å². The molecule has 0 aliphatic carbocycles. The second-order valence-electron chi connectivity index (χ2n) is 4.28. The molecule has 0 bridgehead atoms. The second-order valence-corrected chi connectivity index (χ2v) is 4.28. The van der Waals surface area contributed by atoms with Gasteiger partial charge in [0, 0.05) is 11.8 Å². The summed E-state index contributed by atoms with van der Waals surface area (Å²) >= 11 is 0. The van der Waals surface area contributed by atoms with E-state index in [1.165, 1.54) is 0 Å². The Morgan fingerprint density at radius 2 is 1.81 bits per heavy atom. The molecule has 0 aliphatic heterocycles. The van der Waals surface area contributed by atoms with Crippen LogP contribution in [0.1, 0.15) is 0 Å². The highest BCUT2D eigenvalue weighted by molar-refractivity contribution is 5.92. The molecule has 108 valence electrons. The zero-order valence-corrected chi connectivity index (χ0v) is 11.6. The summed E-state index contributed by atoms with van der Waals surface area (Å²) in [6.45, 7) is 3.97. The Bertz CT molecular complexity index is 596. The van der Waals surface area contributed by atoms with Crippen molar-refractivity contribution in [1.82, 2.24) is 0 Å². The van der Waals surface area contributed by atoms with Gasteiger partial charge >= 0.3 is 0 Å². The van der Waals surface area contributed by atoms with E-state index in [2.05, 4.69) is 11.9 Å². The molecule has 2 rings (SSSR count). The fourth-order valence-electron chi connectivity index (χ4n) is 1.68. The molecule has 1 amide bonds. The fraction of sp³-hybridized carbons (Fsp3) is 0.118. The molecule has 0 saturated carbocycles.